The number of hydrogen-bond acceptors (Lipinski definition) is 4. The Kier molecular flexibility index (Phi) is 3.09. The number of carbonyl (C=O) groups excluding carboxylic acids is 1. The van der Waals surface area contributed by atoms with E-state index in [1.165, 1.54) is 18.1 Å². The third-order valence-corrected chi connectivity index (χ3v) is 3.19. The zero-order valence-electron chi connectivity index (χ0n) is 9.12. The van der Waals surface area contributed by atoms with Crippen molar-refractivity contribution in [1.29, 1.82) is 0 Å². The molecule has 0 bridgehead atoms. The highest BCUT2D eigenvalue weighted by Gasteiger charge is 2.09. The first-order chi connectivity index (χ1) is 7.66. The van der Waals surface area contributed by atoms with Crippen LogP contribution in [0.4, 0.5) is 0 Å². The molecular weight excluding hydrogens is 224 g/mol. The number of rotatable bonds is 4. The van der Waals surface area contributed by atoms with E-state index in [2.05, 4.69) is 10.1 Å². The summed E-state index contributed by atoms with van der Waals surface area (Å²) in [4.78, 5) is 15.8. The summed E-state index contributed by atoms with van der Waals surface area (Å²) >= 11 is 1.40. The van der Waals surface area contributed by atoms with Crippen LogP contribution in [-0.2, 0) is 14.1 Å². The zero-order chi connectivity index (χ0) is 11.5. The van der Waals surface area contributed by atoms with Crippen molar-refractivity contribution in [3.63, 3.8) is 0 Å². The van der Waals surface area contributed by atoms with Crippen LogP contribution in [0, 0.1) is 0 Å². The Labute approximate surface area is 97.5 Å². The van der Waals surface area contributed by atoms with Crippen LogP contribution in [0.1, 0.15) is 10.4 Å². The second kappa shape index (κ2) is 4.52. The number of carbonyl (C=O) groups is 1. The van der Waals surface area contributed by atoms with E-state index in [1.807, 2.05) is 37.1 Å². The van der Waals surface area contributed by atoms with Crippen molar-refractivity contribution in [3.8, 4) is 0 Å². The average molecular weight is 236 g/mol. The summed E-state index contributed by atoms with van der Waals surface area (Å²) in [5.74, 6) is 0.491. The minimum absolute atomic E-state index is 0.105. The van der Waals surface area contributed by atoms with Gasteiger partial charge in [-0.05, 0) is 6.07 Å². The van der Waals surface area contributed by atoms with E-state index in [-0.39, 0.29) is 5.78 Å². The lowest BCUT2D eigenvalue weighted by atomic mass is 10.2. The molecule has 0 unspecified atom stereocenters. The van der Waals surface area contributed by atoms with E-state index < -0.39 is 0 Å². The van der Waals surface area contributed by atoms with Crippen LogP contribution >= 0.6 is 11.8 Å². The highest BCUT2D eigenvalue weighted by molar-refractivity contribution is 7.99. The van der Waals surface area contributed by atoms with Gasteiger partial charge in [0.15, 0.2) is 10.9 Å². The van der Waals surface area contributed by atoms with Gasteiger partial charge in [0.05, 0.1) is 5.75 Å². The van der Waals surface area contributed by atoms with E-state index in [4.69, 9.17) is 0 Å². The van der Waals surface area contributed by atoms with Gasteiger partial charge >= 0.3 is 0 Å². The molecule has 2 aromatic rings. The van der Waals surface area contributed by atoms with Gasteiger partial charge in [0.1, 0.15) is 6.33 Å². The molecular formula is C10H12N4OS. The van der Waals surface area contributed by atoms with Gasteiger partial charge in [-0.25, -0.2) is 9.67 Å². The monoisotopic (exact) mass is 236 g/mol. The van der Waals surface area contributed by atoms with Crippen LogP contribution in [-0.4, -0.2) is 30.9 Å². The summed E-state index contributed by atoms with van der Waals surface area (Å²) in [6.45, 7) is 0. The largest absolute Gasteiger partial charge is 0.357 e. The smallest absolute Gasteiger partial charge is 0.186 e. The highest BCUT2D eigenvalue weighted by Crippen LogP contribution is 2.15. The maximum Gasteiger partial charge on any atom is 0.186 e. The quantitative estimate of drug-likeness (QED) is 0.590. The van der Waals surface area contributed by atoms with Gasteiger partial charge in [0.25, 0.3) is 0 Å². The molecule has 0 aliphatic carbocycles. The average Bonchev–Trinajstić information content (AvgIpc) is 2.84. The molecule has 0 aliphatic rings. The first kappa shape index (κ1) is 10.9. The minimum atomic E-state index is 0.105. The first-order valence-electron chi connectivity index (χ1n) is 4.79. The summed E-state index contributed by atoms with van der Waals surface area (Å²) in [7, 11) is 3.70. The lowest BCUT2D eigenvalue weighted by Crippen LogP contribution is -2.03. The second-order valence-electron chi connectivity index (χ2n) is 3.44. The summed E-state index contributed by atoms with van der Waals surface area (Å²) < 4.78 is 3.52. The Hall–Kier alpha value is -1.56. The fraction of sp³-hybridized carbons (Fsp3) is 0.300. The van der Waals surface area contributed by atoms with Crippen molar-refractivity contribution < 1.29 is 4.79 Å². The van der Waals surface area contributed by atoms with Gasteiger partial charge in [-0.2, -0.15) is 5.10 Å². The fourth-order valence-corrected chi connectivity index (χ4v) is 2.08. The maximum atomic E-state index is 11.8. The number of Topliss-reactive ketones (excluding diaryl/α,β-unsaturated/α-hetero) is 1. The predicted molar refractivity (Wildman–Crippen MR) is 61.5 cm³/mol. The first-order valence-corrected chi connectivity index (χ1v) is 5.77. The molecule has 0 spiro atoms. The van der Waals surface area contributed by atoms with E-state index in [0.29, 0.717) is 5.75 Å². The van der Waals surface area contributed by atoms with E-state index in [9.17, 15) is 4.79 Å². The summed E-state index contributed by atoms with van der Waals surface area (Å²) in [6, 6.07) is 1.82. The Morgan fingerprint density at radius 2 is 2.31 bits per heavy atom. The molecule has 0 N–H and O–H groups in total. The van der Waals surface area contributed by atoms with Gasteiger partial charge in [-0.15, -0.1) is 0 Å². The molecule has 5 nitrogen and oxygen atoms in total. The SMILES string of the molecule is Cn1ccc(C(=O)CSc2ncnn2C)c1. The highest BCUT2D eigenvalue weighted by atomic mass is 32.2. The fourth-order valence-electron chi connectivity index (χ4n) is 1.30. The molecule has 0 aromatic carbocycles. The summed E-state index contributed by atoms with van der Waals surface area (Å²) in [5.41, 5.74) is 0.733. The number of ketones is 1. The van der Waals surface area contributed by atoms with Crippen molar-refractivity contribution >= 4 is 17.5 Å². The molecule has 84 valence electrons. The van der Waals surface area contributed by atoms with Crippen molar-refractivity contribution in [2.24, 2.45) is 14.1 Å². The third kappa shape index (κ3) is 2.33. The zero-order valence-corrected chi connectivity index (χ0v) is 9.94. The predicted octanol–water partition coefficient (Wildman–Crippen LogP) is 1.13. The Morgan fingerprint density at radius 1 is 1.50 bits per heavy atom. The van der Waals surface area contributed by atoms with Crippen LogP contribution in [0.3, 0.4) is 0 Å². The minimum Gasteiger partial charge on any atom is -0.357 e. The van der Waals surface area contributed by atoms with Crippen LogP contribution < -0.4 is 0 Å². The number of aromatic nitrogens is 4. The Bertz CT molecular complexity index is 502. The maximum absolute atomic E-state index is 11.8. The summed E-state index contributed by atoms with van der Waals surface area (Å²) in [6.07, 6.45) is 5.16. The molecule has 0 radical (unpaired) electrons. The van der Waals surface area contributed by atoms with E-state index >= 15 is 0 Å². The molecule has 16 heavy (non-hydrogen) atoms. The molecule has 2 aromatic heterocycles. The molecule has 6 heteroatoms. The topological polar surface area (TPSA) is 52.7 Å². The van der Waals surface area contributed by atoms with Crippen LogP contribution in [0.5, 0.6) is 0 Å². The molecule has 2 heterocycles. The normalized spacial score (nSPS) is 10.6. The molecule has 0 saturated carbocycles. The Morgan fingerprint density at radius 3 is 2.88 bits per heavy atom. The molecule has 2 rings (SSSR count). The van der Waals surface area contributed by atoms with Crippen molar-refractivity contribution in [3.05, 3.63) is 30.4 Å². The number of nitrogens with zero attached hydrogens (tertiary/aromatic N) is 4. The van der Waals surface area contributed by atoms with Gasteiger partial charge in [-0.1, -0.05) is 11.8 Å². The van der Waals surface area contributed by atoms with Gasteiger partial charge in [0, 0.05) is 32.1 Å². The van der Waals surface area contributed by atoms with Gasteiger partial charge in [-0.3, -0.25) is 4.79 Å². The number of aryl methyl sites for hydroxylation is 2. The Balaban J connectivity index is 1.96. The lowest BCUT2D eigenvalue weighted by Gasteiger charge is -1.98. The third-order valence-electron chi connectivity index (χ3n) is 2.16. The van der Waals surface area contributed by atoms with Crippen LogP contribution in [0.15, 0.2) is 29.9 Å². The molecule has 0 saturated heterocycles. The van der Waals surface area contributed by atoms with Crippen molar-refractivity contribution in [2.75, 3.05) is 5.75 Å². The molecule has 0 amide bonds. The number of hydrogen-bond donors (Lipinski definition) is 0. The van der Waals surface area contributed by atoms with E-state index in [0.717, 1.165) is 10.7 Å². The van der Waals surface area contributed by atoms with Crippen LogP contribution in [0.2, 0.25) is 0 Å². The number of thioether (sulfide) groups is 1. The lowest BCUT2D eigenvalue weighted by molar-refractivity contribution is 0.102. The second-order valence-corrected chi connectivity index (χ2v) is 4.39. The van der Waals surface area contributed by atoms with Crippen molar-refractivity contribution in [1.82, 2.24) is 19.3 Å². The molecule has 0 aliphatic heterocycles. The van der Waals surface area contributed by atoms with Crippen LogP contribution in [0.25, 0.3) is 0 Å². The summed E-state index contributed by atoms with van der Waals surface area (Å²) in [5, 5.41) is 4.69. The molecule has 0 atom stereocenters. The molecule has 0 fully saturated rings. The standard InChI is InChI=1S/C10H12N4OS/c1-13-4-3-8(5-13)9(15)6-16-10-11-7-12-14(10)2/h3-5,7H,6H2,1-2H3. The van der Waals surface area contributed by atoms with Gasteiger partial charge < -0.3 is 4.57 Å². The van der Waals surface area contributed by atoms with E-state index in [1.54, 1.807) is 4.68 Å². The van der Waals surface area contributed by atoms with Gasteiger partial charge in [0.2, 0.25) is 0 Å². The van der Waals surface area contributed by atoms with Crippen molar-refractivity contribution in [2.45, 2.75) is 5.16 Å².